The van der Waals surface area contributed by atoms with Crippen molar-refractivity contribution in [2.45, 2.75) is 43.9 Å². The molecule has 4 aliphatic carbocycles. The summed E-state index contributed by atoms with van der Waals surface area (Å²) in [6, 6.07) is 61.6. The van der Waals surface area contributed by atoms with Crippen molar-refractivity contribution in [3.8, 4) is 33.4 Å². The lowest BCUT2D eigenvalue weighted by Gasteiger charge is -2.57. The number of hydrogen-bond donors (Lipinski definition) is 0. The molecule has 0 amide bonds. The molecule has 0 aromatic heterocycles. The highest BCUT2D eigenvalue weighted by molar-refractivity contribution is 5.98. The topological polar surface area (TPSA) is 3.24 Å². The summed E-state index contributed by atoms with van der Waals surface area (Å²) in [5.41, 5.74) is 14.8. The maximum absolute atomic E-state index is 2.58. The molecule has 4 aliphatic rings. The van der Waals surface area contributed by atoms with Gasteiger partial charge in [-0.15, -0.1) is 0 Å². The van der Waals surface area contributed by atoms with Gasteiger partial charge >= 0.3 is 0 Å². The first-order valence-corrected chi connectivity index (χ1v) is 19.5. The number of fused-ring (bicyclic) bond motifs is 9. The largest absolute Gasteiger partial charge is 0.309 e. The smallest absolute Gasteiger partial charge is 0.0543 e. The van der Waals surface area contributed by atoms with Crippen molar-refractivity contribution in [2.75, 3.05) is 4.90 Å². The van der Waals surface area contributed by atoms with Gasteiger partial charge in [-0.3, -0.25) is 0 Å². The summed E-state index contributed by atoms with van der Waals surface area (Å²) in [4.78, 5) is 2.58. The second-order valence-corrected chi connectivity index (χ2v) is 16.1. The summed E-state index contributed by atoms with van der Waals surface area (Å²) in [6.07, 6.45) is 8.42. The van der Waals surface area contributed by atoms with Crippen molar-refractivity contribution in [2.24, 2.45) is 23.7 Å². The van der Waals surface area contributed by atoms with Gasteiger partial charge in [-0.05, 0) is 130 Å². The lowest BCUT2D eigenvalue weighted by atomic mass is 9.47. The van der Waals surface area contributed by atoms with Gasteiger partial charge in [0.1, 0.15) is 0 Å². The summed E-state index contributed by atoms with van der Waals surface area (Å²) in [6.45, 7) is 0. The second kappa shape index (κ2) is 11.8. The normalized spacial score (nSPS) is 23.8. The zero-order valence-corrected chi connectivity index (χ0v) is 29.6. The van der Waals surface area contributed by atoms with Gasteiger partial charge in [0.25, 0.3) is 0 Å². The van der Waals surface area contributed by atoms with E-state index in [0.717, 1.165) is 17.8 Å². The Hall–Kier alpha value is -5.40. The van der Waals surface area contributed by atoms with Crippen LogP contribution in [0.15, 0.2) is 164 Å². The minimum atomic E-state index is 0.0970. The van der Waals surface area contributed by atoms with Gasteiger partial charge in [0.05, 0.1) is 11.4 Å². The van der Waals surface area contributed by atoms with Crippen LogP contribution in [0.4, 0.5) is 17.1 Å². The second-order valence-electron chi connectivity index (χ2n) is 16.1. The minimum Gasteiger partial charge on any atom is -0.309 e. The molecule has 3 fully saturated rings. The van der Waals surface area contributed by atoms with Crippen LogP contribution >= 0.6 is 0 Å². The van der Waals surface area contributed by atoms with E-state index in [2.05, 4.69) is 169 Å². The van der Waals surface area contributed by atoms with Crippen LogP contribution in [-0.2, 0) is 5.41 Å². The van der Waals surface area contributed by atoms with Gasteiger partial charge in [0, 0.05) is 22.2 Å². The molecule has 7 aromatic rings. The Morgan fingerprint density at radius 2 is 1.17 bits per heavy atom. The molecule has 1 spiro atoms. The lowest BCUT2D eigenvalue weighted by molar-refractivity contribution is -0.0103. The molecule has 0 heterocycles. The van der Waals surface area contributed by atoms with Gasteiger partial charge in [-0.2, -0.15) is 0 Å². The van der Waals surface area contributed by atoms with Crippen LogP contribution in [0, 0.1) is 23.7 Å². The van der Waals surface area contributed by atoms with E-state index in [-0.39, 0.29) is 5.41 Å². The SMILES string of the molecule is c1ccc(-c2ccccc2N(c2cccc(-c3ccc4ccccc4c3)c2)c2cccc3c2-c2ccccc2C32CC3CCC4CC3CC2C4)cc1. The van der Waals surface area contributed by atoms with Gasteiger partial charge in [-0.1, -0.05) is 140 Å². The van der Waals surface area contributed by atoms with Gasteiger partial charge in [0.15, 0.2) is 0 Å². The zero-order valence-electron chi connectivity index (χ0n) is 29.6. The molecule has 7 aromatic carbocycles. The molecule has 52 heavy (non-hydrogen) atoms. The molecular weight excluding hydrogens is 627 g/mol. The number of benzene rings is 7. The molecule has 1 nitrogen and oxygen atoms in total. The lowest BCUT2D eigenvalue weighted by Crippen LogP contribution is -2.50. The molecule has 1 heteroatoms. The minimum absolute atomic E-state index is 0.0970. The Morgan fingerprint density at radius 1 is 0.462 bits per heavy atom. The van der Waals surface area contributed by atoms with Crippen molar-refractivity contribution in [1.82, 2.24) is 0 Å². The van der Waals surface area contributed by atoms with E-state index in [1.54, 1.807) is 11.1 Å². The van der Waals surface area contributed by atoms with Gasteiger partial charge < -0.3 is 4.90 Å². The summed E-state index contributed by atoms with van der Waals surface area (Å²) in [5.74, 6) is 3.38. The average molecular weight is 670 g/mol. The Kier molecular flexibility index (Phi) is 6.88. The van der Waals surface area contributed by atoms with Crippen LogP contribution in [0.25, 0.3) is 44.2 Å². The molecule has 11 rings (SSSR count). The van der Waals surface area contributed by atoms with E-state index in [9.17, 15) is 0 Å². The fourth-order valence-corrected chi connectivity index (χ4v) is 11.5. The molecule has 5 unspecified atom stereocenters. The van der Waals surface area contributed by atoms with Crippen LogP contribution in [-0.4, -0.2) is 0 Å². The number of para-hydroxylation sites is 1. The maximum Gasteiger partial charge on any atom is 0.0543 e. The highest BCUT2D eigenvalue weighted by Gasteiger charge is 2.57. The van der Waals surface area contributed by atoms with Crippen LogP contribution < -0.4 is 4.90 Å². The van der Waals surface area contributed by atoms with Crippen molar-refractivity contribution in [1.29, 1.82) is 0 Å². The Morgan fingerprint density at radius 3 is 2.10 bits per heavy atom. The molecule has 3 saturated carbocycles. The van der Waals surface area contributed by atoms with E-state index >= 15 is 0 Å². The monoisotopic (exact) mass is 669 g/mol. The van der Waals surface area contributed by atoms with Crippen LogP contribution in [0.3, 0.4) is 0 Å². The predicted octanol–water partition coefficient (Wildman–Crippen LogP) is 13.8. The van der Waals surface area contributed by atoms with E-state index in [1.807, 2.05) is 0 Å². The Balaban J connectivity index is 1.15. The maximum atomic E-state index is 2.58. The van der Waals surface area contributed by atoms with E-state index in [1.165, 1.54) is 99.7 Å². The van der Waals surface area contributed by atoms with E-state index in [4.69, 9.17) is 0 Å². The zero-order chi connectivity index (χ0) is 34.2. The van der Waals surface area contributed by atoms with Crippen molar-refractivity contribution in [3.63, 3.8) is 0 Å². The first-order chi connectivity index (χ1) is 25.7. The molecule has 3 bridgehead atoms. The fourth-order valence-electron chi connectivity index (χ4n) is 11.5. The number of anilines is 3. The highest BCUT2D eigenvalue weighted by atomic mass is 15.1. The summed E-state index contributed by atoms with van der Waals surface area (Å²) in [7, 11) is 0. The highest BCUT2D eigenvalue weighted by Crippen LogP contribution is 2.67. The van der Waals surface area contributed by atoms with Crippen molar-refractivity contribution in [3.05, 3.63) is 175 Å². The molecule has 0 N–H and O–H groups in total. The first kappa shape index (κ1) is 30.2. The van der Waals surface area contributed by atoms with Gasteiger partial charge in [0.2, 0.25) is 0 Å². The quantitative estimate of drug-likeness (QED) is 0.176. The first-order valence-electron chi connectivity index (χ1n) is 19.5. The van der Waals surface area contributed by atoms with E-state index in [0.29, 0.717) is 5.92 Å². The van der Waals surface area contributed by atoms with Crippen molar-refractivity contribution >= 4 is 27.8 Å². The molecule has 0 aliphatic heterocycles. The molecule has 0 saturated heterocycles. The molecule has 0 radical (unpaired) electrons. The Bertz CT molecular complexity index is 2470. The number of nitrogens with zero attached hydrogens (tertiary/aromatic N) is 1. The number of hydrogen-bond acceptors (Lipinski definition) is 1. The third-order valence-electron chi connectivity index (χ3n) is 13.6. The molecular formula is C51H43N. The van der Waals surface area contributed by atoms with Crippen molar-refractivity contribution < 1.29 is 0 Å². The third-order valence-corrected chi connectivity index (χ3v) is 13.6. The standard InChI is InChI=1S/C51H43N/c1-2-13-36(14-3-1)44-18-7-9-22-48(44)52(43-17-10-16-38(32-43)39-27-26-35-12-4-5-15-37(35)30-39)49-23-11-21-47-50(49)45-19-6-8-20-46(45)51(47)33-40-25-24-34-28-41(40)31-42(51)29-34/h1-23,26-27,30,32,34,40-42H,24-25,28-29,31,33H2. The fraction of sp³-hybridized carbons (Fsp3) is 0.216. The Labute approximate surface area is 307 Å². The van der Waals surface area contributed by atoms with Crippen LogP contribution in [0.5, 0.6) is 0 Å². The van der Waals surface area contributed by atoms with E-state index < -0.39 is 0 Å². The molecule has 5 atom stereocenters. The predicted molar refractivity (Wildman–Crippen MR) is 217 cm³/mol. The van der Waals surface area contributed by atoms with Crippen LogP contribution in [0.1, 0.15) is 49.7 Å². The summed E-state index contributed by atoms with van der Waals surface area (Å²) in [5, 5.41) is 2.54. The molecule has 252 valence electrons. The number of rotatable bonds is 5. The van der Waals surface area contributed by atoms with Crippen LogP contribution in [0.2, 0.25) is 0 Å². The van der Waals surface area contributed by atoms with Gasteiger partial charge in [-0.25, -0.2) is 0 Å². The summed E-state index contributed by atoms with van der Waals surface area (Å²) < 4.78 is 0. The average Bonchev–Trinajstić information content (AvgIpc) is 3.49. The third kappa shape index (κ3) is 4.54. The summed E-state index contributed by atoms with van der Waals surface area (Å²) >= 11 is 0.